The van der Waals surface area contributed by atoms with Crippen LogP contribution in [-0.4, -0.2) is 11.9 Å². The molecule has 2 rings (SSSR count). The average molecular weight is 334 g/mol. The van der Waals surface area contributed by atoms with Crippen molar-refractivity contribution in [1.82, 2.24) is 0 Å². The molecule has 0 aliphatic rings. The molecule has 23 heavy (non-hydrogen) atoms. The largest absolute Gasteiger partial charge is 1.00 e. The first kappa shape index (κ1) is 19.7. The molecule has 0 aliphatic heterocycles. The Balaban J connectivity index is 0.00000264. The summed E-state index contributed by atoms with van der Waals surface area (Å²) in [4.78, 5) is 4.07. The maximum atomic E-state index is 8.04. The van der Waals surface area contributed by atoms with Gasteiger partial charge in [0.25, 0.3) is 0 Å². The third-order valence-corrected chi connectivity index (χ3v) is 3.44. The van der Waals surface area contributed by atoms with Crippen molar-refractivity contribution < 1.29 is 29.6 Å². The third-order valence-electron chi connectivity index (χ3n) is 3.19. The van der Waals surface area contributed by atoms with Crippen LogP contribution in [0.5, 0.6) is 0 Å². The van der Waals surface area contributed by atoms with Gasteiger partial charge in [-0.1, -0.05) is 60.0 Å². The zero-order chi connectivity index (χ0) is 15.9. The topological polar surface area (TPSA) is 60.0 Å². The van der Waals surface area contributed by atoms with E-state index in [-0.39, 0.29) is 35.4 Å². The van der Waals surface area contributed by atoms with Crippen molar-refractivity contribution in [3.8, 4) is 0 Å². The first-order chi connectivity index (χ1) is 10.6. The zero-order valence-electron chi connectivity index (χ0n) is 13.3. The van der Waals surface area contributed by atoms with Crippen LogP contribution in [-0.2, 0) is 6.42 Å². The van der Waals surface area contributed by atoms with E-state index in [1.54, 1.807) is 6.21 Å². The summed E-state index contributed by atoms with van der Waals surface area (Å²) in [5.74, 6) is 0.0715. The van der Waals surface area contributed by atoms with Crippen molar-refractivity contribution >= 4 is 23.5 Å². The normalized spacial score (nSPS) is 11.3. The molecular weight excluding hydrogens is 317 g/mol. The molecule has 2 aromatic carbocycles. The number of benzene rings is 2. The van der Waals surface area contributed by atoms with Crippen LogP contribution in [0, 0.1) is 12.3 Å². The van der Waals surface area contributed by atoms with Crippen molar-refractivity contribution in [2.45, 2.75) is 13.3 Å². The van der Waals surface area contributed by atoms with Crippen LogP contribution in [0.3, 0.4) is 0 Å². The van der Waals surface area contributed by atoms with Gasteiger partial charge in [-0.15, -0.1) is 0 Å². The Morgan fingerprint density at radius 1 is 1.17 bits per heavy atom. The fraction of sp³-hybridized carbons (Fsp3) is 0.111. The first-order valence-corrected chi connectivity index (χ1v) is 7.29. The maximum Gasteiger partial charge on any atom is 1.00 e. The molecule has 0 aliphatic carbocycles. The van der Waals surface area contributed by atoms with Crippen LogP contribution in [0.25, 0.3) is 5.73 Å². The summed E-state index contributed by atoms with van der Waals surface area (Å²) < 4.78 is 0. The van der Waals surface area contributed by atoms with Gasteiger partial charge in [0.15, 0.2) is 0 Å². The molecule has 0 spiro atoms. The predicted molar refractivity (Wildman–Crippen MR) is 94.1 cm³/mol. The van der Waals surface area contributed by atoms with E-state index in [2.05, 4.69) is 4.99 Å². The molecule has 3 nitrogen and oxygen atoms in total. The second kappa shape index (κ2) is 9.68. The van der Waals surface area contributed by atoms with Gasteiger partial charge in [0.05, 0.1) is 5.71 Å². The van der Waals surface area contributed by atoms with Crippen molar-refractivity contribution in [2.75, 3.05) is 0 Å². The van der Waals surface area contributed by atoms with Gasteiger partial charge in [0.2, 0.25) is 0 Å². The number of hydrogen-bond acceptors (Lipinski definition) is 2. The number of hydrogen-bond donors (Lipinski definition) is 1. The summed E-state index contributed by atoms with van der Waals surface area (Å²) in [6.45, 7) is 1.95. The maximum absolute atomic E-state index is 8.04. The molecule has 0 radical (unpaired) electrons. The zero-order valence-corrected chi connectivity index (χ0v) is 16.1. The smallest absolute Gasteiger partial charge is 0.482 e. The summed E-state index contributed by atoms with van der Waals surface area (Å²) in [6.07, 6.45) is 3.76. The number of halogens is 1. The number of allylic oxidation sites excluding steroid dienone is 1. The van der Waals surface area contributed by atoms with Gasteiger partial charge in [-0.05, 0) is 42.7 Å². The molecule has 112 valence electrons. The molecule has 0 bridgehead atoms. The minimum Gasteiger partial charge on any atom is -0.482 e. The monoisotopic (exact) mass is 333 g/mol. The van der Waals surface area contributed by atoms with Gasteiger partial charge in [-0.3, -0.25) is 0 Å². The first-order valence-electron chi connectivity index (χ1n) is 6.91. The number of aryl methyl sites for hydroxylation is 1. The van der Waals surface area contributed by atoms with Gasteiger partial charge in [0, 0.05) is 10.6 Å². The Kier molecular flexibility index (Phi) is 8.28. The second-order valence-electron chi connectivity index (χ2n) is 4.90. The molecule has 0 saturated carbocycles. The van der Waals surface area contributed by atoms with Crippen LogP contribution in [0.4, 0.5) is 0 Å². The summed E-state index contributed by atoms with van der Waals surface area (Å²) in [7, 11) is 0. The van der Waals surface area contributed by atoms with E-state index in [1.807, 2.05) is 55.5 Å². The number of rotatable bonds is 5. The second-order valence-corrected chi connectivity index (χ2v) is 5.34. The minimum atomic E-state index is 0. The SMILES string of the molecule is Cc1ccccc1C(=N)/C=C([NH-])/N=C/Cc1ccc(Cl)cc1.[Na+]. The van der Waals surface area contributed by atoms with Crippen LogP contribution in [0.1, 0.15) is 16.7 Å². The predicted octanol–water partition coefficient (Wildman–Crippen LogP) is 2.23. The van der Waals surface area contributed by atoms with Gasteiger partial charge in [-0.2, -0.15) is 0 Å². The fourth-order valence-electron chi connectivity index (χ4n) is 2.00. The van der Waals surface area contributed by atoms with E-state index in [4.69, 9.17) is 22.7 Å². The van der Waals surface area contributed by atoms with Gasteiger partial charge >= 0.3 is 29.6 Å². The van der Waals surface area contributed by atoms with E-state index in [0.29, 0.717) is 17.2 Å². The van der Waals surface area contributed by atoms with Crippen molar-refractivity contribution in [1.29, 1.82) is 5.41 Å². The number of aliphatic imine (C=N–C) groups is 1. The molecule has 0 saturated heterocycles. The molecule has 0 atom stereocenters. The molecular formula is C18H17ClN3Na. The number of nitrogens with one attached hydrogen (secondary N) is 2. The molecule has 0 fully saturated rings. The van der Waals surface area contributed by atoms with E-state index < -0.39 is 0 Å². The minimum absolute atomic E-state index is 0. The van der Waals surface area contributed by atoms with Crippen molar-refractivity contribution in [3.63, 3.8) is 0 Å². The van der Waals surface area contributed by atoms with Crippen LogP contribution >= 0.6 is 11.6 Å². The van der Waals surface area contributed by atoms with E-state index in [1.165, 1.54) is 6.08 Å². The van der Waals surface area contributed by atoms with E-state index >= 15 is 0 Å². The van der Waals surface area contributed by atoms with Gasteiger partial charge in [-0.25, -0.2) is 0 Å². The van der Waals surface area contributed by atoms with E-state index in [0.717, 1.165) is 16.7 Å². The Bertz CT molecular complexity index is 721. The Morgan fingerprint density at radius 2 is 1.83 bits per heavy atom. The van der Waals surface area contributed by atoms with Gasteiger partial charge in [0.1, 0.15) is 0 Å². The molecule has 0 heterocycles. The molecule has 0 aromatic heterocycles. The Morgan fingerprint density at radius 3 is 2.48 bits per heavy atom. The molecule has 0 unspecified atom stereocenters. The standard InChI is InChI=1S/C18H17ClN3.Na/c1-13-4-2-3-5-16(13)17(20)12-18(21)22-11-10-14-6-8-15(19)9-7-14;/h2-9,11-12,20-21H,10H2,1H3;/q-1;+1/b18-12+,20-17?,22-11+;. The molecule has 5 heteroatoms. The van der Waals surface area contributed by atoms with Crippen molar-refractivity contribution in [3.05, 3.63) is 87.9 Å². The number of nitrogens with zero attached hydrogens (tertiary/aromatic N) is 1. The van der Waals surface area contributed by atoms with Crippen molar-refractivity contribution in [2.24, 2.45) is 4.99 Å². The summed E-state index contributed by atoms with van der Waals surface area (Å²) in [5.41, 5.74) is 11.0. The Labute approximate surface area is 164 Å². The third kappa shape index (κ3) is 6.32. The van der Waals surface area contributed by atoms with E-state index in [9.17, 15) is 0 Å². The Hall–Kier alpha value is -1.39. The molecule has 2 N–H and O–H groups in total. The molecule has 2 aromatic rings. The summed E-state index contributed by atoms with van der Waals surface area (Å²) in [5, 5.41) is 8.74. The van der Waals surface area contributed by atoms with Crippen LogP contribution in [0.15, 0.2) is 65.4 Å². The molecule has 0 amide bonds. The quantitative estimate of drug-likeness (QED) is 0.644. The average Bonchev–Trinajstić information content (AvgIpc) is 2.49. The fourth-order valence-corrected chi connectivity index (χ4v) is 2.12. The summed E-state index contributed by atoms with van der Waals surface area (Å²) >= 11 is 5.83. The van der Waals surface area contributed by atoms with Crippen LogP contribution in [0.2, 0.25) is 5.02 Å². The van der Waals surface area contributed by atoms with Gasteiger partial charge < -0.3 is 16.1 Å². The van der Waals surface area contributed by atoms with Crippen LogP contribution < -0.4 is 29.6 Å². The summed E-state index contributed by atoms with van der Waals surface area (Å²) in [6, 6.07) is 15.2.